The Balaban J connectivity index is 1.35. The fourth-order valence-electron chi connectivity index (χ4n) is 2.75. The summed E-state index contributed by atoms with van der Waals surface area (Å²) < 4.78 is 0. The van der Waals surface area contributed by atoms with Gasteiger partial charge in [-0.05, 0) is 24.3 Å². The summed E-state index contributed by atoms with van der Waals surface area (Å²) in [5.74, 6) is 0.617. The first-order valence-electron chi connectivity index (χ1n) is 9.61. The number of fused-ring (bicyclic) bond motifs is 1. The van der Waals surface area contributed by atoms with Crippen LogP contribution >= 0.6 is 11.6 Å². The van der Waals surface area contributed by atoms with Crippen LogP contribution in [0, 0.1) is 0 Å². The number of hydrogen-bond donors (Lipinski definition) is 4. The summed E-state index contributed by atoms with van der Waals surface area (Å²) in [4.78, 5) is 28.4. The Hall–Kier alpha value is -3.23. The van der Waals surface area contributed by atoms with Crippen molar-refractivity contribution >= 4 is 34.8 Å². The van der Waals surface area contributed by atoms with Gasteiger partial charge in [0.05, 0.1) is 40.4 Å². The molecule has 0 spiro atoms. The highest BCUT2D eigenvalue weighted by molar-refractivity contribution is 6.31. The molecule has 1 amide bonds. The Bertz CT molecular complexity index is 1010. The maximum absolute atomic E-state index is 12.2. The van der Waals surface area contributed by atoms with Crippen molar-refractivity contribution in [1.29, 1.82) is 0 Å². The van der Waals surface area contributed by atoms with Gasteiger partial charge in [-0.2, -0.15) is 0 Å². The van der Waals surface area contributed by atoms with Crippen LogP contribution < -0.4 is 16.4 Å². The Morgan fingerprint density at radius 3 is 2.90 bits per heavy atom. The van der Waals surface area contributed by atoms with Crippen molar-refractivity contribution in [1.82, 2.24) is 25.6 Å². The third-order valence-electron chi connectivity index (χ3n) is 4.32. The molecule has 0 atom stereocenters. The topological polar surface area (TPSA) is 121 Å². The van der Waals surface area contributed by atoms with Gasteiger partial charge in [-0.15, -0.1) is 0 Å². The van der Waals surface area contributed by atoms with Gasteiger partial charge in [0.25, 0.3) is 5.91 Å². The lowest BCUT2D eigenvalue weighted by atomic mass is 10.2. The molecule has 0 radical (unpaired) electrons. The molecule has 0 aliphatic heterocycles. The molecule has 1 aromatic carbocycles. The predicted octanol–water partition coefficient (Wildman–Crippen LogP) is 1.97. The van der Waals surface area contributed by atoms with Gasteiger partial charge in [0.15, 0.2) is 0 Å². The number of hydrogen-bond acceptors (Lipinski definition) is 6. The lowest BCUT2D eigenvalue weighted by Gasteiger charge is -2.06. The van der Waals surface area contributed by atoms with E-state index in [0.717, 1.165) is 29.8 Å². The summed E-state index contributed by atoms with van der Waals surface area (Å²) in [6, 6.07) is 11.4. The van der Waals surface area contributed by atoms with Crippen LogP contribution in [-0.2, 0) is 17.8 Å². The lowest BCUT2D eigenvalue weighted by Crippen LogP contribution is -2.26. The van der Waals surface area contributed by atoms with Gasteiger partial charge >= 0.3 is 0 Å². The maximum atomic E-state index is 12.2. The zero-order chi connectivity index (χ0) is 21.2. The van der Waals surface area contributed by atoms with Gasteiger partial charge in [0.1, 0.15) is 5.82 Å². The average molecular weight is 426 g/mol. The number of nitrogens with one attached hydrogen (secondary N) is 3. The Labute approximate surface area is 179 Å². The number of carbonyl (C=O) groups is 1. The molecule has 2 aromatic heterocycles. The van der Waals surface area contributed by atoms with E-state index in [1.54, 1.807) is 18.3 Å². The van der Waals surface area contributed by atoms with Crippen molar-refractivity contribution in [2.75, 3.05) is 19.6 Å². The van der Waals surface area contributed by atoms with Gasteiger partial charge in [0, 0.05) is 38.1 Å². The molecule has 8 nitrogen and oxygen atoms in total. The fourth-order valence-corrected chi connectivity index (χ4v) is 2.94. The van der Waals surface area contributed by atoms with Gasteiger partial charge in [-0.1, -0.05) is 23.7 Å². The Morgan fingerprint density at radius 1 is 1.23 bits per heavy atom. The second-order valence-electron chi connectivity index (χ2n) is 6.47. The minimum Gasteiger partial charge on any atom is -0.404 e. The number of nitrogens with zero attached hydrogens (tertiary/aromatic N) is 3. The number of rotatable bonds is 10. The van der Waals surface area contributed by atoms with E-state index >= 15 is 0 Å². The summed E-state index contributed by atoms with van der Waals surface area (Å²) in [6.07, 6.45) is 5.12. The van der Waals surface area contributed by atoms with E-state index in [1.165, 1.54) is 12.4 Å². The molecular weight excluding hydrogens is 402 g/mol. The second-order valence-corrected chi connectivity index (χ2v) is 6.88. The van der Waals surface area contributed by atoms with Crippen LogP contribution in [0.2, 0.25) is 5.02 Å². The van der Waals surface area contributed by atoms with Crippen LogP contribution in [0.4, 0.5) is 0 Å². The molecule has 0 unspecified atom stereocenters. The number of H-pyrrole nitrogens is 1. The normalized spacial score (nSPS) is 12.0. The van der Waals surface area contributed by atoms with Gasteiger partial charge in [0.2, 0.25) is 0 Å². The first-order chi connectivity index (χ1) is 14.7. The van der Waals surface area contributed by atoms with Gasteiger partial charge < -0.3 is 21.4 Å². The van der Waals surface area contributed by atoms with E-state index in [0.29, 0.717) is 23.8 Å². The highest BCUT2D eigenvalue weighted by Crippen LogP contribution is 2.11. The molecule has 9 heteroatoms. The zero-order valence-corrected chi connectivity index (χ0v) is 17.2. The molecular formula is C21H24ClN7O. The van der Waals surface area contributed by atoms with Crippen molar-refractivity contribution in [3.05, 3.63) is 70.9 Å². The van der Waals surface area contributed by atoms with Crippen molar-refractivity contribution in [2.24, 2.45) is 10.7 Å². The molecule has 30 heavy (non-hydrogen) atoms. The predicted molar refractivity (Wildman–Crippen MR) is 119 cm³/mol. The monoisotopic (exact) mass is 425 g/mol. The quantitative estimate of drug-likeness (QED) is 0.225. The fraction of sp³-hybridized carbons (Fsp3) is 0.238. The molecule has 2 heterocycles. The summed E-state index contributed by atoms with van der Waals surface area (Å²) in [6.45, 7) is 2.20. The molecule has 5 N–H and O–H groups in total. The molecule has 0 aliphatic rings. The number of carbonyl (C=O) groups excluding carboxylic acids is 1. The highest BCUT2D eigenvalue weighted by Gasteiger charge is 2.08. The molecule has 0 bridgehead atoms. The first-order valence-corrected chi connectivity index (χ1v) is 9.99. The van der Waals surface area contributed by atoms with Crippen molar-refractivity contribution < 1.29 is 4.79 Å². The summed E-state index contributed by atoms with van der Waals surface area (Å²) in [5, 5.41) is 6.53. The number of aliphatic imine (C=N–C) groups is 1. The molecule has 0 saturated heterocycles. The Kier molecular flexibility index (Phi) is 7.94. The number of imidazole rings is 1. The van der Waals surface area contributed by atoms with Crippen LogP contribution in [0.25, 0.3) is 11.0 Å². The SMILES string of the molecule is NC=C(C=NCCNCCc1nc2ccccc2[nH]1)C(=O)NCc1ncccc1Cl. The van der Waals surface area contributed by atoms with E-state index < -0.39 is 0 Å². The zero-order valence-electron chi connectivity index (χ0n) is 16.4. The van der Waals surface area contributed by atoms with E-state index in [1.807, 2.05) is 24.3 Å². The standard InChI is InChI=1S/C21H24ClN7O/c22-16-4-3-8-26-19(16)14-27-21(30)15(12-23)13-25-11-10-24-9-7-20-28-17-5-1-2-6-18(17)29-20/h1-6,8,12-13,24H,7,9-11,14,23H2,(H,27,30)(H,28,29). The molecule has 0 fully saturated rings. The van der Waals surface area contributed by atoms with Crippen LogP contribution in [0.5, 0.6) is 0 Å². The van der Waals surface area contributed by atoms with Crippen LogP contribution in [0.15, 0.2) is 59.4 Å². The third-order valence-corrected chi connectivity index (χ3v) is 4.66. The number of aromatic amines is 1. The van der Waals surface area contributed by atoms with E-state index in [2.05, 4.69) is 30.6 Å². The summed E-state index contributed by atoms with van der Waals surface area (Å²) >= 11 is 6.03. The minimum atomic E-state index is -0.333. The Morgan fingerprint density at radius 2 is 2.10 bits per heavy atom. The van der Waals surface area contributed by atoms with E-state index in [-0.39, 0.29) is 18.0 Å². The minimum absolute atomic E-state index is 0.215. The first kappa shape index (κ1) is 21.5. The van der Waals surface area contributed by atoms with Crippen LogP contribution in [0.1, 0.15) is 11.5 Å². The number of aromatic nitrogens is 3. The van der Waals surface area contributed by atoms with Crippen LogP contribution in [0.3, 0.4) is 0 Å². The highest BCUT2D eigenvalue weighted by atomic mass is 35.5. The summed E-state index contributed by atoms with van der Waals surface area (Å²) in [7, 11) is 0. The number of pyridine rings is 1. The van der Waals surface area contributed by atoms with Crippen molar-refractivity contribution in [3.63, 3.8) is 0 Å². The molecule has 0 aliphatic carbocycles. The number of halogens is 1. The van der Waals surface area contributed by atoms with Crippen LogP contribution in [-0.4, -0.2) is 46.7 Å². The number of benzene rings is 1. The number of nitrogens with two attached hydrogens (primary N) is 1. The second kappa shape index (κ2) is 11.1. The molecule has 3 rings (SSSR count). The van der Waals surface area contributed by atoms with Crippen molar-refractivity contribution in [2.45, 2.75) is 13.0 Å². The average Bonchev–Trinajstić information content (AvgIpc) is 3.18. The van der Waals surface area contributed by atoms with Crippen molar-refractivity contribution in [3.8, 4) is 0 Å². The lowest BCUT2D eigenvalue weighted by molar-refractivity contribution is -0.117. The summed E-state index contributed by atoms with van der Waals surface area (Å²) in [5.41, 5.74) is 8.44. The largest absolute Gasteiger partial charge is 0.404 e. The molecule has 156 valence electrons. The number of amides is 1. The van der Waals surface area contributed by atoms with Gasteiger partial charge in [-0.25, -0.2) is 4.98 Å². The maximum Gasteiger partial charge on any atom is 0.254 e. The third kappa shape index (κ3) is 6.13. The molecule has 0 saturated carbocycles. The van der Waals surface area contributed by atoms with Gasteiger partial charge in [-0.3, -0.25) is 14.8 Å². The van der Waals surface area contributed by atoms with E-state index in [4.69, 9.17) is 17.3 Å². The number of para-hydroxylation sites is 2. The van der Waals surface area contributed by atoms with E-state index in [9.17, 15) is 4.79 Å². The smallest absolute Gasteiger partial charge is 0.254 e. The molecule has 3 aromatic rings.